The van der Waals surface area contributed by atoms with Gasteiger partial charge in [-0.15, -0.1) is 21.5 Å². The number of likely N-dealkylation sites (tertiary alicyclic amines) is 1. The minimum absolute atomic E-state index is 0.169. The number of benzene rings is 1. The Balaban J connectivity index is 1.50. The molecule has 1 N–H and O–H groups in total. The molecule has 0 radical (unpaired) electrons. The first kappa shape index (κ1) is 19.6. The molecular formula is C20H20N6OS2. The molecule has 4 rings (SSSR count). The molecule has 7 nitrogen and oxygen atoms in total. The molecular weight excluding hydrogens is 404 g/mol. The molecule has 0 spiro atoms. The van der Waals surface area contributed by atoms with Crippen LogP contribution in [-0.2, 0) is 11.3 Å². The summed E-state index contributed by atoms with van der Waals surface area (Å²) < 4.78 is 2.03. The number of nitrogens with zero attached hydrogens (tertiary/aromatic N) is 5. The van der Waals surface area contributed by atoms with E-state index in [-0.39, 0.29) is 11.7 Å². The Morgan fingerprint density at radius 2 is 2.00 bits per heavy atom. The molecule has 0 bridgehead atoms. The van der Waals surface area contributed by atoms with E-state index in [1.54, 1.807) is 11.4 Å². The van der Waals surface area contributed by atoms with Crippen molar-refractivity contribution in [2.45, 2.75) is 24.5 Å². The molecule has 148 valence electrons. The SMILES string of the molecule is N#Cc1ccsc1NC(=O)CSc1nnc(CN2CCCC2)n1-c1ccccc1. The van der Waals surface area contributed by atoms with Crippen LogP contribution in [0.25, 0.3) is 5.69 Å². The lowest BCUT2D eigenvalue weighted by Crippen LogP contribution is -2.21. The normalized spacial score (nSPS) is 14.0. The zero-order valence-electron chi connectivity index (χ0n) is 15.7. The molecule has 1 aliphatic heterocycles. The zero-order valence-corrected chi connectivity index (χ0v) is 17.4. The van der Waals surface area contributed by atoms with Gasteiger partial charge in [-0.2, -0.15) is 5.26 Å². The maximum Gasteiger partial charge on any atom is 0.235 e. The molecule has 1 aromatic carbocycles. The molecule has 0 aliphatic carbocycles. The summed E-state index contributed by atoms with van der Waals surface area (Å²) in [5, 5.41) is 23.7. The van der Waals surface area contributed by atoms with Crippen LogP contribution < -0.4 is 5.32 Å². The largest absolute Gasteiger partial charge is 0.316 e. The smallest absolute Gasteiger partial charge is 0.235 e. The van der Waals surface area contributed by atoms with Crippen LogP contribution in [0.4, 0.5) is 5.00 Å². The van der Waals surface area contributed by atoms with Gasteiger partial charge in [-0.25, -0.2) is 0 Å². The van der Waals surface area contributed by atoms with E-state index in [4.69, 9.17) is 5.26 Å². The number of carbonyl (C=O) groups excluding carboxylic acids is 1. The molecule has 0 unspecified atom stereocenters. The second kappa shape index (κ2) is 9.22. The van der Waals surface area contributed by atoms with Crippen LogP contribution in [0.2, 0.25) is 0 Å². The topological polar surface area (TPSA) is 86.8 Å². The highest BCUT2D eigenvalue weighted by molar-refractivity contribution is 7.99. The third kappa shape index (κ3) is 4.67. The number of thioether (sulfide) groups is 1. The predicted octanol–water partition coefficient (Wildman–Crippen LogP) is 3.53. The van der Waals surface area contributed by atoms with E-state index in [1.165, 1.54) is 35.9 Å². The Kier molecular flexibility index (Phi) is 6.24. The van der Waals surface area contributed by atoms with Crippen LogP contribution in [0.1, 0.15) is 24.2 Å². The van der Waals surface area contributed by atoms with Crippen molar-refractivity contribution in [2.24, 2.45) is 0 Å². The number of nitriles is 1. The molecule has 0 atom stereocenters. The fourth-order valence-corrected chi connectivity index (χ4v) is 4.78. The third-order valence-electron chi connectivity index (χ3n) is 4.65. The number of anilines is 1. The molecule has 29 heavy (non-hydrogen) atoms. The average Bonchev–Trinajstić information content (AvgIpc) is 3.49. The van der Waals surface area contributed by atoms with E-state index in [9.17, 15) is 4.79 Å². The van der Waals surface area contributed by atoms with Crippen LogP contribution >= 0.6 is 23.1 Å². The number of amides is 1. The standard InChI is InChI=1S/C20H20N6OS2/c21-12-15-8-11-28-19(15)22-18(27)14-29-20-24-23-17(13-25-9-4-5-10-25)26(20)16-6-2-1-3-7-16/h1-3,6-8,11H,4-5,9-10,13-14H2,(H,22,27). The zero-order chi connectivity index (χ0) is 20.1. The number of para-hydroxylation sites is 1. The first-order chi connectivity index (χ1) is 14.2. The molecule has 1 saturated heterocycles. The Bertz CT molecular complexity index is 1020. The summed E-state index contributed by atoms with van der Waals surface area (Å²) in [6, 6.07) is 13.8. The van der Waals surface area contributed by atoms with Gasteiger partial charge in [0.15, 0.2) is 11.0 Å². The Morgan fingerprint density at radius 1 is 1.21 bits per heavy atom. The van der Waals surface area contributed by atoms with E-state index < -0.39 is 0 Å². The lowest BCUT2D eigenvalue weighted by Gasteiger charge is -2.15. The molecule has 9 heteroatoms. The number of aromatic nitrogens is 3. The summed E-state index contributed by atoms with van der Waals surface area (Å²) in [7, 11) is 0. The summed E-state index contributed by atoms with van der Waals surface area (Å²) in [4.78, 5) is 14.8. The molecule has 3 aromatic rings. The van der Waals surface area contributed by atoms with Crippen LogP contribution in [0.15, 0.2) is 46.9 Å². The summed E-state index contributed by atoms with van der Waals surface area (Å²) in [6.45, 7) is 2.90. The maximum atomic E-state index is 12.4. The Hall–Kier alpha value is -2.67. The lowest BCUT2D eigenvalue weighted by atomic mass is 10.3. The summed E-state index contributed by atoms with van der Waals surface area (Å²) >= 11 is 2.69. The highest BCUT2D eigenvalue weighted by Gasteiger charge is 2.20. The van der Waals surface area contributed by atoms with Gasteiger partial charge >= 0.3 is 0 Å². The minimum atomic E-state index is -0.169. The number of carbonyl (C=O) groups is 1. The minimum Gasteiger partial charge on any atom is -0.316 e. The summed E-state index contributed by atoms with van der Waals surface area (Å²) in [6.07, 6.45) is 2.43. The van der Waals surface area contributed by atoms with Gasteiger partial charge in [0.1, 0.15) is 11.1 Å². The van der Waals surface area contributed by atoms with Crippen molar-refractivity contribution in [2.75, 3.05) is 24.2 Å². The average molecular weight is 425 g/mol. The highest BCUT2D eigenvalue weighted by Crippen LogP contribution is 2.25. The van der Waals surface area contributed by atoms with Crippen LogP contribution in [0.3, 0.4) is 0 Å². The van der Waals surface area contributed by atoms with Gasteiger partial charge in [0.2, 0.25) is 5.91 Å². The van der Waals surface area contributed by atoms with E-state index in [0.29, 0.717) is 15.7 Å². The third-order valence-corrected chi connectivity index (χ3v) is 6.41. The second-order valence-corrected chi connectivity index (χ2v) is 8.52. The van der Waals surface area contributed by atoms with Gasteiger partial charge in [-0.1, -0.05) is 30.0 Å². The second-order valence-electron chi connectivity index (χ2n) is 6.67. The van der Waals surface area contributed by atoms with Gasteiger partial charge in [0, 0.05) is 5.69 Å². The van der Waals surface area contributed by atoms with Crippen LogP contribution in [0.5, 0.6) is 0 Å². The lowest BCUT2D eigenvalue weighted by molar-refractivity contribution is -0.113. The van der Waals surface area contributed by atoms with E-state index >= 15 is 0 Å². The van der Waals surface area contributed by atoms with Crippen molar-refractivity contribution < 1.29 is 4.79 Å². The molecule has 3 heterocycles. The molecule has 1 fully saturated rings. The molecule has 1 amide bonds. The number of thiophene rings is 1. The maximum absolute atomic E-state index is 12.4. The number of hydrogen-bond donors (Lipinski definition) is 1. The van der Waals surface area contributed by atoms with Gasteiger partial charge < -0.3 is 5.32 Å². The Morgan fingerprint density at radius 3 is 2.76 bits per heavy atom. The molecule has 0 saturated carbocycles. The van der Waals surface area contributed by atoms with E-state index in [1.807, 2.05) is 34.9 Å². The molecule has 2 aromatic heterocycles. The van der Waals surface area contributed by atoms with Crippen molar-refractivity contribution in [3.8, 4) is 11.8 Å². The van der Waals surface area contributed by atoms with Crippen molar-refractivity contribution >= 4 is 34.0 Å². The van der Waals surface area contributed by atoms with Crippen molar-refractivity contribution in [3.05, 3.63) is 53.2 Å². The summed E-state index contributed by atoms with van der Waals surface area (Å²) in [5.74, 6) is 0.904. The first-order valence-corrected chi connectivity index (χ1v) is 11.2. The van der Waals surface area contributed by atoms with Crippen LogP contribution in [-0.4, -0.2) is 44.4 Å². The van der Waals surface area contributed by atoms with Crippen molar-refractivity contribution in [3.63, 3.8) is 0 Å². The number of rotatable bonds is 7. The quantitative estimate of drug-likeness (QED) is 0.584. The van der Waals surface area contributed by atoms with Gasteiger partial charge in [0.25, 0.3) is 0 Å². The monoisotopic (exact) mass is 424 g/mol. The predicted molar refractivity (Wildman–Crippen MR) is 114 cm³/mol. The fraction of sp³-hybridized carbons (Fsp3) is 0.300. The van der Waals surface area contributed by atoms with E-state index in [2.05, 4.69) is 26.5 Å². The van der Waals surface area contributed by atoms with Crippen LogP contribution in [0, 0.1) is 11.3 Å². The first-order valence-electron chi connectivity index (χ1n) is 9.37. The summed E-state index contributed by atoms with van der Waals surface area (Å²) in [5.41, 5.74) is 1.47. The Labute approximate surface area is 177 Å². The van der Waals surface area contributed by atoms with E-state index in [0.717, 1.165) is 31.1 Å². The number of hydrogen-bond acceptors (Lipinski definition) is 7. The van der Waals surface area contributed by atoms with Gasteiger partial charge in [-0.05, 0) is 49.5 Å². The van der Waals surface area contributed by atoms with Gasteiger partial charge in [-0.3, -0.25) is 14.3 Å². The number of nitrogens with one attached hydrogen (secondary N) is 1. The van der Waals surface area contributed by atoms with Gasteiger partial charge in [0.05, 0.1) is 17.9 Å². The fourth-order valence-electron chi connectivity index (χ4n) is 3.26. The van der Waals surface area contributed by atoms with Crippen molar-refractivity contribution in [1.82, 2.24) is 19.7 Å². The molecule has 1 aliphatic rings. The van der Waals surface area contributed by atoms with Crippen molar-refractivity contribution in [1.29, 1.82) is 5.26 Å². The highest BCUT2D eigenvalue weighted by atomic mass is 32.2.